The zero-order valence-corrected chi connectivity index (χ0v) is 19.7. The van der Waals surface area contributed by atoms with Crippen molar-refractivity contribution < 1.29 is 13.2 Å². The highest BCUT2D eigenvalue weighted by molar-refractivity contribution is 7.89. The van der Waals surface area contributed by atoms with Crippen LogP contribution in [0.1, 0.15) is 23.1 Å². The highest BCUT2D eigenvalue weighted by atomic mass is 32.2. The van der Waals surface area contributed by atoms with Gasteiger partial charge in [0.1, 0.15) is 17.3 Å². The Kier molecular flexibility index (Phi) is 5.68. The maximum Gasteiger partial charge on any atom is 0.243 e. The van der Waals surface area contributed by atoms with Gasteiger partial charge in [0.05, 0.1) is 10.5 Å². The van der Waals surface area contributed by atoms with E-state index in [9.17, 15) is 8.42 Å². The van der Waals surface area contributed by atoms with Gasteiger partial charge in [0, 0.05) is 26.2 Å². The highest BCUT2D eigenvalue weighted by Crippen LogP contribution is 2.39. The van der Waals surface area contributed by atoms with Crippen LogP contribution in [0.25, 0.3) is 0 Å². The predicted octanol–water partition coefficient (Wildman–Crippen LogP) is 4.88. The molecular formula is C26H27N3O3S. The van der Waals surface area contributed by atoms with E-state index in [-0.39, 0.29) is 0 Å². The summed E-state index contributed by atoms with van der Waals surface area (Å²) in [6.07, 6.45) is 0.716. The molecule has 0 aliphatic carbocycles. The summed E-state index contributed by atoms with van der Waals surface area (Å²) in [5, 5.41) is 0. The number of fused-ring (bicyclic) bond motifs is 2. The number of hydrogen-bond donors (Lipinski definition) is 0. The fraction of sp³-hybridized carbons (Fsp3) is 0.269. The van der Waals surface area contributed by atoms with Crippen LogP contribution in [0.2, 0.25) is 0 Å². The van der Waals surface area contributed by atoms with Crippen molar-refractivity contribution in [1.29, 1.82) is 0 Å². The molecule has 2 heterocycles. The fourth-order valence-electron chi connectivity index (χ4n) is 4.32. The van der Waals surface area contributed by atoms with E-state index < -0.39 is 10.0 Å². The topological polar surface area (TPSA) is 62.2 Å². The average molecular weight is 462 g/mol. The zero-order valence-electron chi connectivity index (χ0n) is 18.9. The second-order valence-electron chi connectivity index (χ2n) is 8.57. The van der Waals surface area contributed by atoms with Gasteiger partial charge in [0.15, 0.2) is 5.75 Å². The molecule has 0 bridgehead atoms. The SMILES string of the molecule is Cc1ccc2c(c1)Oc1ccc(C)cc1C(N1CCCN(S(=O)(=O)c3ccccc3)CC1)=N2. The highest BCUT2D eigenvalue weighted by Gasteiger charge is 2.29. The summed E-state index contributed by atoms with van der Waals surface area (Å²) in [6.45, 7) is 6.24. The molecule has 0 spiro atoms. The second kappa shape index (κ2) is 8.65. The van der Waals surface area contributed by atoms with Crippen molar-refractivity contribution in [1.82, 2.24) is 9.21 Å². The molecule has 1 saturated heterocycles. The van der Waals surface area contributed by atoms with Gasteiger partial charge in [0.2, 0.25) is 10.0 Å². The molecule has 3 aromatic carbocycles. The van der Waals surface area contributed by atoms with Crippen LogP contribution in [-0.4, -0.2) is 49.6 Å². The third-order valence-electron chi connectivity index (χ3n) is 6.07. The van der Waals surface area contributed by atoms with Crippen molar-refractivity contribution in [2.45, 2.75) is 25.2 Å². The van der Waals surface area contributed by atoms with Gasteiger partial charge in [-0.3, -0.25) is 0 Å². The minimum atomic E-state index is -3.53. The van der Waals surface area contributed by atoms with Gasteiger partial charge in [-0.25, -0.2) is 13.4 Å². The molecule has 7 heteroatoms. The molecule has 2 aliphatic heterocycles. The molecule has 2 aliphatic rings. The summed E-state index contributed by atoms with van der Waals surface area (Å²) in [4.78, 5) is 7.55. The summed E-state index contributed by atoms with van der Waals surface area (Å²) in [5.41, 5.74) is 3.94. The Hall–Kier alpha value is -3.16. The number of benzene rings is 3. The van der Waals surface area contributed by atoms with Crippen molar-refractivity contribution in [3.05, 3.63) is 83.4 Å². The first kappa shape index (κ1) is 21.7. The number of aryl methyl sites for hydroxylation is 2. The Bertz CT molecular complexity index is 1320. The lowest BCUT2D eigenvalue weighted by Gasteiger charge is -2.25. The number of amidine groups is 1. The normalized spacial score (nSPS) is 16.7. The third kappa shape index (κ3) is 4.26. The van der Waals surface area contributed by atoms with E-state index in [1.807, 2.05) is 43.3 Å². The largest absolute Gasteiger partial charge is 0.454 e. The fourth-order valence-corrected chi connectivity index (χ4v) is 5.82. The monoisotopic (exact) mass is 461 g/mol. The maximum atomic E-state index is 13.2. The minimum Gasteiger partial charge on any atom is -0.454 e. The standard InChI is InChI=1S/C26H27N3O3S/c1-19-10-12-24-22(17-19)26(27-23-11-9-20(2)18-25(23)32-24)28-13-6-14-29(16-15-28)33(30,31)21-7-4-3-5-8-21/h3-5,7-12,17-18H,6,13-16H2,1-2H3. The molecular weight excluding hydrogens is 434 g/mol. The van der Waals surface area contributed by atoms with E-state index in [0.29, 0.717) is 37.5 Å². The van der Waals surface area contributed by atoms with Crippen LogP contribution in [-0.2, 0) is 10.0 Å². The summed E-state index contributed by atoms with van der Waals surface area (Å²) < 4.78 is 34.2. The summed E-state index contributed by atoms with van der Waals surface area (Å²) in [7, 11) is -3.53. The Morgan fingerprint density at radius 1 is 0.818 bits per heavy atom. The molecule has 0 saturated carbocycles. The van der Waals surface area contributed by atoms with E-state index in [1.54, 1.807) is 28.6 Å². The molecule has 5 rings (SSSR count). The first-order chi connectivity index (χ1) is 15.9. The predicted molar refractivity (Wildman–Crippen MR) is 130 cm³/mol. The van der Waals surface area contributed by atoms with Crippen LogP contribution in [0.4, 0.5) is 5.69 Å². The number of ether oxygens (including phenoxy) is 1. The second-order valence-corrected chi connectivity index (χ2v) is 10.5. The van der Waals surface area contributed by atoms with Crippen LogP contribution in [0, 0.1) is 13.8 Å². The Morgan fingerprint density at radius 3 is 2.39 bits per heavy atom. The lowest BCUT2D eigenvalue weighted by molar-refractivity contribution is 0.407. The van der Waals surface area contributed by atoms with Crippen molar-refractivity contribution in [3.8, 4) is 11.5 Å². The van der Waals surface area contributed by atoms with E-state index in [0.717, 1.165) is 39.7 Å². The van der Waals surface area contributed by atoms with Crippen molar-refractivity contribution in [3.63, 3.8) is 0 Å². The van der Waals surface area contributed by atoms with E-state index in [4.69, 9.17) is 9.73 Å². The van der Waals surface area contributed by atoms with Crippen LogP contribution in [0.3, 0.4) is 0 Å². The lowest BCUT2D eigenvalue weighted by atomic mass is 10.1. The minimum absolute atomic E-state index is 0.337. The van der Waals surface area contributed by atoms with Crippen LogP contribution < -0.4 is 4.74 Å². The van der Waals surface area contributed by atoms with Gasteiger partial charge in [-0.05, 0) is 62.2 Å². The molecule has 6 nitrogen and oxygen atoms in total. The molecule has 170 valence electrons. The average Bonchev–Trinajstić information content (AvgIpc) is 3.15. The number of sulfonamides is 1. The Balaban J connectivity index is 1.49. The molecule has 0 amide bonds. The van der Waals surface area contributed by atoms with Crippen molar-refractivity contribution >= 4 is 21.5 Å². The first-order valence-electron chi connectivity index (χ1n) is 11.2. The van der Waals surface area contributed by atoms with E-state index in [2.05, 4.69) is 17.9 Å². The van der Waals surface area contributed by atoms with E-state index in [1.165, 1.54) is 0 Å². The number of nitrogens with zero attached hydrogens (tertiary/aromatic N) is 3. The van der Waals surface area contributed by atoms with Crippen LogP contribution in [0.15, 0.2) is 76.6 Å². The maximum absolute atomic E-state index is 13.2. The lowest BCUT2D eigenvalue weighted by Crippen LogP contribution is -2.37. The molecule has 0 radical (unpaired) electrons. The van der Waals surface area contributed by atoms with Gasteiger partial charge in [-0.1, -0.05) is 35.9 Å². The first-order valence-corrected chi connectivity index (χ1v) is 12.6. The summed E-state index contributed by atoms with van der Waals surface area (Å²) in [5.74, 6) is 2.33. The summed E-state index contributed by atoms with van der Waals surface area (Å²) >= 11 is 0. The quantitative estimate of drug-likeness (QED) is 0.546. The van der Waals surface area contributed by atoms with Crippen LogP contribution in [0.5, 0.6) is 11.5 Å². The molecule has 0 unspecified atom stereocenters. The number of aliphatic imine (C=N–C) groups is 1. The molecule has 1 fully saturated rings. The number of rotatable bonds is 2. The smallest absolute Gasteiger partial charge is 0.243 e. The van der Waals surface area contributed by atoms with Crippen molar-refractivity contribution in [2.75, 3.05) is 26.2 Å². The third-order valence-corrected chi connectivity index (χ3v) is 7.99. The van der Waals surface area contributed by atoms with Crippen molar-refractivity contribution in [2.24, 2.45) is 4.99 Å². The molecule has 0 atom stereocenters. The van der Waals surface area contributed by atoms with Gasteiger partial charge in [-0.2, -0.15) is 4.31 Å². The molecule has 0 aromatic heterocycles. The molecule has 3 aromatic rings. The molecule has 33 heavy (non-hydrogen) atoms. The van der Waals surface area contributed by atoms with Gasteiger partial charge >= 0.3 is 0 Å². The van der Waals surface area contributed by atoms with Crippen LogP contribution >= 0.6 is 0 Å². The number of hydrogen-bond acceptors (Lipinski definition) is 5. The van der Waals surface area contributed by atoms with Gasteiger partial charge in [-0.15, -0.1) is 0 Å². The molecule has 0 N–H and O–H groups in total. The van der Waals surface area contributed by atoms with Gasteiger partial charge < -0.3 is 9.64 Å². The summed E-state index contributed by atoms with van der Waals surface area (Å²) in [6, 6.07) is 20.8. The Labute approximate surface area is 195 Å². The van der Waals surface area contributed by atoms with Gasteiger partial charge in [0.25, 0.3) is 0 Å². The van der Waals surface area contributed by atoms with E-state index >= 15 is 0 Å². The zero-order chi connectivity index (χ0) is 23.0. The Morgan fingerprint density at radius 2 is 1.58 bits per heavy atom.